The molecule has 0 spiro atoms. The number of anilines is 1. The molecule has 2 saturated heterocycles. The Morgan fingerprint density at radius 3 is 2.61 bits per heavy atom. The monoisotopic (exact) mass is 422 g/mol. The standard InChI is InChI=1S/C24H21F3N4/c1-13-9-19-18-8-7-15(30(18)11-14-5-3-2-4-6-14)12-31(19)23-21-20(13)16(25)10-17(26)22(21)28-24(27)29-23/h2-6,10,15,18-19H,1,7-9,11-12H2/t15-,18+,19-/m1/s1. The second-order valence-corrected chi connectivity index (χ2v) is 8.74. The van der Waals surface area contributed by atoms with Crippen LogP contribution in [-0.4, -0.2) is 39.5 Å². The number of fused-ring (bicyclic) bond motifs is 5. The maximum Gasteiger partial charge on any atom is 0.311 e. The summed E-state index contributed by atoms with van der Waals surface area (Å²) in [7, 11) is 0. The SMILES string of the molecule is C=C1C[C@@H]2[C@@H]3CC[C@H](CN2c2nc(F)nc4c(F)cc(F)c1c24)N3Cc1ccccc1. The Bertz CT molecular complexity index is 1210. The van der Waals surface area contributed by atoms with Gasteiger partial charge in [0.1, 0.15) is 17.2 Å². The van der Waals surface area contributed by atoms with E-state index < -0.39 is 17.7 Å². The molecule has 4 nitrogen and oxygen atoms in total. The summed E-state index contributed by atoms with van der Waals surface area (Å²) < 4.78 is 43.8. The van der Waals surface area contributed by atoms with E-state index in [1.54, 1.807) is 0 Å². The van der Waals surface area contributed by atoms with Crippen LogP contribution in [0.5, 0.6) is 0 Å². The molecule has 3 aliphatic heterocycles. The van der Waals surface area contributed by atoms with Crippen LogP contribution in [0.2, 0.25) is 0 Å². The van der Waals surface area contributed by atoms with Crippen molar-refractivity contribution in [2.24, 2.45) is 0 Å². The van der Waals surface area contributed by atoms with E-state index in [1.807, 2.05) is 18.2 Å². The molecule has 3 aromatic rings. The molecular weight excluding hydrogens is 401 g/mol. The third kappa shape index (κ3) is 2.79. The lowest BCUT2D eigenvalue weighted by Crippen LogP contribution is -2.59. The summed E-state index contributed by atoms with van der Waals surface area (Å²) in [5.74, 6) is -1.29. The predicted molar refractivity (Wildman–Crippen MR) is 113 cm³/mol. The lowest BCUT2D eigenvalue weighted by molar-refractivity contribution is 0.129. The summed E-state index contributed by atoms with van der Waals surface area (Å²) in [6.07, 6.45) is 1.54. The van der Waals surface area contributed by atoms with Crippen molar-refractivity contribution in [2.75, 3.05) is 11.4 Å². The highest BCUT2D eigenvalue weighted by Gasteiger charge is 2.48. The van der Waals surface area contributed by atoms with Gasteiger partial charge in [0.05, 0.1) is 11.4 Å². The highest BCUT2D eigenvalue weighted by Crippen LogP contribution is 2.46. The van der Waals surface area contributed by atoms with Gasteiger partial charge in [-0.2, -0.15) is 14.4 Å². The van der Waals surface area contributed by atoms with Crippen molar-refractivity contribution < 1.29 is 13.2 Å². The van der Waals surface area contributed by atoms with Crippen molar-refractivity contribution >= 4 is 22.3 Å². The van der Waals surface area contributed by atoms with Crippen molar-refractivity contribution in [2.45, 2.75) is 43.9 Å². The predicted octanol–water partition coefficient (Wildman–Crippen LogP) is 4.69. The molecule has 7 heteroatoms. The highest BCUT2D eigenvalue weighted by atomic mass is 19.1. The molecule has 0 radical (unpaired) electrons. The molecule has 0 saturated carbocycles. The molecule has 4 heterocycles. The number of piperazine rings is 1. The van der Waals surface area contributed by atoms with Crippen molar-refractivity contribution in [1.29, 1.82) is 0 Å². The van der Waals surface area contributed by atoms with Gasteiger partial charge in [-0.15, -0.1) is 0 Å². The average molecular weight is 422 g/mol. The van der Waals surface area contributed by atoms with Gasteiger partial charge in [-0.3, -0.25) is 4.90 Å². The third-order valence-electron chi connectivity index (χ3n) is 7.06. The summed E-state index contributed by atoms with van der Waals surface area (Å²) in [6, 6.07) is 11.5. The summed E-state index contributed by atoms with van der Waals surface area (Å²) in [6.45, 7) is 5.60. The van der Waals surface area contributed by atoms with Gasteiger partial charge in [0.25, 0.3) is 0 Å². The number of aromatic nitrogens is 2. The summed E-state index contributed by atoms with van der Waals surface area (Å²) in [5, 5.41) is 0.238. The van der Waals surface area contributed by atoms with Crippen molar-refractivity contribution in [1.82, 2.24) is 14.9 Å². The van der Waals surface area contributed by atoms with Gasteiger partial charge in [0.15, 0.2) is 5.82 Å². The molecule has 3 atom stereocenters. The van der Waals surface area contributed by atoms with E-state index in [-0.39, 0.29) is 40.4 Å². The molecule has 3 aliphatic rings. The lowest BCUT2D eigenvalue weighted by Gasteiger charge is -2.47. The summed E-state index contributed by atoms with van der Waals surface area (Å²) in [5.41, 5.74) is 1.86. The van der Waals surface area contributed by atoms with Gasteiger partial charge in [0.2, 0.25) is 0 Å². The number of hydrogen-bond acceptors (Lipinski definition) is 4. The Balaban J connectivity index is 1.48. The van der Waals surface area contributed by atoms with Gasteiger partial charge in [-0.25, -0.2) is 8.78 Å². The van der Waals surface area contributed by atoms with E-state index in [2.05, 4.69) is 38.5 Å². The van der Waals surface area contributed by atoms with Crippen LogP contribution >= 0.6 is 0 Å². The first kappa shape index (κ1) is 18.8. The molecule has 31 heavy (non-hydrogen) atoms. The molecular formula is C24H21F3N4. The zero-order chi connectivity index (χ0) is 21.3. The molecule has 158 valence electrons. The van der Waals surface area contributed by atoms with Crippen LogP contribution < -0.4 is 4.90 Å². The second-order valence-electron chi connectivity index (χ2n) is 8.74. The normalized spacial score (nSPS) is 25.1. The van der Waals surface area contributed by atoms with Crippen LogP contribution in [0.25, 0.3) is 16.5 Å². The topological polar surface area (TPSA) is 32.3 Å². The van der Waals surface area contributed by atoms with Crippen LogP contribution in [-0.2, 0) is 6.54 Å². The fourth-order valence-electron chi connectivity index (χ4n) is 5.78. The van der Waals surface area contributed by atoms with Crippen LogP contribution in [0.3, 0.4) is 0 Å². The molecule has 2 fully saturated rings. The molecule has 2 bridgehead atoms. The first-order valence-electron chi connectivity index (χ1n) is 10.6. The molecule has 2 aromatic carbocycles. The zero-order valence-corrected chi connectivity index (χ0v) is 16.9. The van der Waals surface area contributed by atoms with E-state index in [1.165, 1.54) is 5.56 Å². The summed E-state index contributed by atoms with van der Waals surface area (Å²) in [4.78, 5) is 12.3. The van der Waals surface area contributed by atoms with Gasteiger partial charge in [-0.05, 0) is 30.4 Å². The summed E-state index contributed by atoms with van der Waals surface area (Å²) >= 11 is 0. The van der Waals surface area contributed by atoms with E-state index in [0.29, 0.717) is 18.5 Å². The van der Waals surface area contributed by atoms with E-state index in [9.17, 15) is 13.2 Å². The lowest BCUT2D eigenvalue weighted by atomic mass is 9.93. The fourth-order valence-corrected chi connectivity index (χ4v) is 5.78. The maximum atomic E-state index is 14.9. The van der Waals surface area contributed by atoms with Crippen LogP contribution in [0.15, 0.2) is 43.0 Å². The van der Waals surface area contributed by atoms with Crippen molar-refractivity contribution in [3.63, 3.8) is 0 Å². The number of hydrogen-bond donors (Lipinski definition) is 0. The Hall–Kier alpha value is -2.93. The smallest absolute Gasteiger partial charge is 0.311 e. The average Bonchev–Trinajstić information content (AvgIpc) is 2.95. The van der Waals surface area contributed by atoms with Crippen LogP contribution in [0, 0.1) is 17.7 Å². The largest absolute Gasteiger partial charge is 0.349 e. The second kappa shape index (κ2) is 6.79. The van der Waals surface area contributed by atoms with Gasteiger partial charge in [-0.1, -0.05) is 36.9 Å². The van der Waals surface area contributed by atoms with Gasteiger partial charge < -0.3 is 4.90 Å². The van der Waals surface area contributed by atoms with E-state index >= 15 is 0 Å². The maximum absolute atomic E-state index is 14.9. The molecule has 1 aromatic heterocycles. The van der Waals surface area contributed by atoms with Crippen LogP contribution in [0.4, 0.5) is 19.0 Å². The van der Waals surface area contributed by atoms with Crippen molar-refractivity contribution in [3.05, 3.63) is 71.8 Å². The Morgan fingerprint density at radius 2 is 1.81 bits per heavy atom. The first-order chi connectivity index (χ1) is 15.0. The zero-order valence-electron chi connectivity index (χ0n) is 16.9. The Kier molecular flexibility index (Phi) is 4.12. The van der Waals surface area contributed by atoms with Crippen LogP contribution in [0.1, 0.15) is 30.4 Å². The highest BCUT2D eigenvalue weighted by molar-refractivity contribution is 6.00. The van der Waals surface area contributed by atoms with Gasteiger partial charge in [0, 0.05) is 36.8 Å². The number of benzene rings is 2. The quantitative estimate of drug-likeness (QED) is 0.561. The first-order valence-corrected chi connectivity index (χ1v) is 10.6. The van der Waals surface area contributed by atoms with Crippen molar-refractivity contribution in [3.8, 4) is 0 Å². The fraction of sp³-hybridized carbons (Fsp3) is 0.333. The van der Waals surface area contributed by atoms with E-state index in [0.717, 1.165) is 25.5 Å². The minimum absolute atomic E-state index is 0.0395. The molecule has 0 aliphatic carbocycles. The Morgan fingerprint density at radius 1 is 1.00 bits per heavy atom. The molecule has 0 amide bonds. The number of rotatable bonds is 2. The van der Waals surface area contributed by atoms with Gasteiger partial charge >= 0.3 is 6.08 Å². The minimum Gasteiger partial charge on any atom is -0.349 e. The third-order valence-corrected chi connectivity index (χ3v) is 7.06. The minimum atomic E-state index is -0.996. The molecule has 0 unspecified atom stereocenters. The number of halogens is 3. The molecule has 0 N–H and O–H groups in total. The Labute approximate surface area is 178 Å². The number of nitrogens with zero attached hydrogens (tertiary/aromatic N) is 4. The van der Waals surface area contributed by atoms with E-state index in [4.69, 9.17) is 0 Å². The molecule has 6 rings (SSSR count).